The van der Waals surface area contributed by atoms with Crippen LogP contribution in [-0.4, -0.2) is 17.0 Å². The van der Waals surface area contributed by atoms with E-state index in [0.717, 1.165) is 17.7 Å². The van der Waals surface area contributed by atoms with Crippen molar-refractivity contribution in [1.29, 1.82) is 0 Å². The van der Waals surface area contributed by atoms with Gasteiger partial charge >= 0.3 is 0 Å². The van der Waals surface area contributed by atoms with Crippen molar-refractivity contribution in [3.63, 3.8) is 0 Å². The average Bonchev–Trinajstić information content (AvgIpc) is 2.26. The number of nitrogen functional groups attached to an aromatic ring is 1. The van der Waals surface area contributed by atoms with Gasteiger partial charge in [-0.1, -0.05) is 12.1 Å². The Morgan fingerprint density at radius 1 is 1.36 bits per heavy atom. The molecule has 5 heteroatoms. The minimum atomic E-state index is -0.925. The number of aryl methyl sites for hydroxylation is 1. The van der Waals surface area contributed by atoms with E-state index in [1.807, 2.05) is 24.3 Å². The Balaban J connectivity index is 2.47. The predicted octanol–water partition coefficient (Wildman–Crippen LogP) is 0.398. The number of anilines is 1. The van der Waals surface area contributed by atoms with Gasteiger partial charge in [0.05, 0.1) is 11.0 Å². The van der Waals surface area contributed by atoms with Crippen LogP contribution < -0.4 is 16.0 Å². The number of hydrogen-bond acceptors (Lipinski definition) is 3. The highest BCUT2D eigenvalue weighted by molar-refractivity contribution is 7.82. The van der Waals surface area contributed by atoms with Crippen LogP contribution in [0.2, 0.25) is 0 Å². The van der Waals surface area contributed by atoms with Crippen LogP contribution in [0.25, 0.3) is 0 Å². The summed E-state index contributed by atoms with van der Waals surface area (Å²) < 4.78 is 13.8. The summed E-state index contributed by atoms with van der Waals surface area (Å²) in [6.45, 7) is 0. The molecule has 0 aliphatic heterocycles. The van der Waals surface area contributed by atoms with E-state index in [-0.39, 0.29) is 0 Å². The molecule has 0 aromatic heterocycles. The van der Waals surface area contributed by atoms with Gasteiger partial charge in [-0.25, -0.2) is 8.93 Å². The molecule has 0 saturated carbocycles. The number of nitrogens with two attached hydrogens (primary N) is 1. The number of rotatable bonds is 5. The smallest absolute Gasteiger partial charge is 0.0916 e. The van der Waals surface area contributed by atoms with Crippen molar-refractivity contribution in [3.05, 3.63) is 29.8 Å². The van der Waals surface area contributed by atoms with Crippen LogP contribution in [0, 0.1) is 0 Å². The van der Waals surface area contributed by atoms with Crippen molar-refractivity contribution < 1.29 is 4.21 Å². The zero-order valence-corrected chi connectivity index (χ0v) is 8.93. The zero-order chi connectivity index (χ0) is 10.4. The largest absolute Gasteiger partial charge is 0.324 e. The molecule has 14 heavy (non-hydrogen) atoms. The fourth-order valence-electron chi connectivity index (χ4n) is 1.08. The standard InChI is InChI=1S/C9H15N3OS/c1-11-14(13)7-6-8-2-4-9(12-10)5-3-8/h2-5,11-12H,6-7,10H2,1H3. The lowest BCUT2D eigenvalue weighted by atomic mass is 10.1. The molecule has 78 valence electrons. The second kappa shape index (κ2) is 5.74. The van der Waals surface area contributed by atoms with Crippen LogP contribution in [-0.2, 0) is 17.4 Å². The summed E-state index contributed by atoms with van der Waals surface area (Å²) in [5.41, 5.74) is 4.60. The number of hydrogen-bond donors (Lipinski definition) is 3. The lowest BCUT2D eigenvalue weighted by Crippen LogP contribution is -2.15. The van der Waals surface area contributed by atoms with Gasteiger partial charge in [-0.2, -0.15) is 0 Å². The Morgan fingerprint density at radius 2 is 2.00 bits per heavy atom. The average molecular weight is 213 g/mol. The zero-order valence-electron chi connectivity index (χ0n) is 8.12. The van der Waals surface area contributed by atoms with E-state index in [4.69, 9.17) is 5.84 Å². The highest BCUT2D eigenvalue weighted by atomic mass is 32.2. The second-order valence-electron chi connectivity index (χ2n) is 2.85. The van der Waals surface area contributed by atoms with Crippen molar-refractivity contribution >= 4 is 16.7 Å². The molecule has 4 N–H and O–H groups in total. The van der Waals surface area contributed by atoms with Crippen LogP contribution in [0.3, 0.4) is 0 Å². The Morgan fingerprint density at radius 3 is 2.50 bits per heavy atom. The van der Waals surface area contributed by atoms with Gasteiger partial charge < -0.3 is 5.43 Å². The quantitative estimate of drug-likeness (QED) is 0.490. The van der Waals surface area contributed by atoms with Crippen LogP contribution in [0.1, 0.15) is 5.56 Å². The predicted molar refractivity (Wildman–Crippen MR) is 60.0 cm³/mol. The van der Waals surface area contributed by atoms with Gasteiger partial charge in [0.25, 0.3) is 0 Å². The molecule has 0 amide bonds. The molecule has 1 unspecified atom stereocenters. The third-order valence-corrected chi connectivity index (χ3v) is 2.95. The third-order valence-electron chi connectivity index (χ3n) is 1.92. The van der Waals surface area contributed by atoms with Crippen LogP contribution in [0.15, 0.2) is 24.3 Å². The second-order valence-corrected chi connectivity index (χ2v) is 4.35. The first kappa shape index (κ1) is 11.2. The van der Waals surface area contributed by atoms with Crippen molar-refractivity contribution in [2.75, 3.05) is 18.2 Å². The summed E-state index contributed by atoms with van der Waals surface area (Å²) in [6.07, 6.45) is 0.804. The summed E-state index contributed by atoms with van der Waals surface area (Å²) in [5, 5.41) is 0. The van der Waals surface area contributed by atoms with Crippen LogP contribution >= 0.6 is 0 Å². The topological polar surface area (TPSA) is 67.2 Å². The molecule has 0 aliphatic carbocycles. The summed E-state index contributed by atoms with van der Waals surface area (Å²) in [6, 6.07) is 7.75. The number of nitrogens with one attached hydrogen (secondary N) is 2. The van der Waals surface area contributed by atoms with Gasteiger partial charge in [0.2, 0.25) is 0 Å². The summed E-state index contributed by atoms with van der Waals surface area (Å²) in [7, 11) is 0.767. The lowest BCUT2D eigenvalue weighted by molar-refractivity contribution is 0.677. The molecule has 0 bridgehead atoms. The molecule has 1 aromatic rings. The van der Waals surface area contributed by atoms with Crippen molar-refractivity contribution in [2.45, 2.75) is 6.42 Å². The SMILES string of the molecule is CNS(=O)CCc1ccc(NN)cc1. The molecule has 1 atom stereocenters. The molecular weight excluding hydrogens is 198 g/mol. The normalized spacial score (nSPS) is 12.4. The van der Waals surface area contributed by atoms with Crippen LogP contribution in [0.5, 0.6) is 0 Å². The van der Waals surface area contributed by atoms with E-state index < -0.39 is 11.0 Å². The summed E-state index contributed by atoms with van der Waals surface area (Å²) in [4.78, 5) is 0. The lowest BCUT2D eigenvalue weighted by Gasteiger charge is -2.03. The molecule has 1 aromatic carbocycles. The summed E-state index contributed by atoms with van der Waals surface area (Å²) >= 11 is 0. The number of hydrazine groups is 1. The summed E-state index contributed by atoms with van der Waals surface area (Å²) in [5.74, 6) is 5.87. The van der Waals surface area contributed by atoms with Gasteiger partial charge in [0, 0.05) is 11.4 Å². The fraction of sp³-hybridized carbons (Fsp3) is 0.333. The maximum atomic E-state index is 11.1. The van der Waals surface area contributed by atoms with E-state index >= 15 is 0 Å². The first-order chi connectivity index (χ1) is 6.76. The molecule has 0 saturated heterocycles. The fourth-order valence-corrected chi connectivity index (χ4v) is 1.71. The molecule has 0 fully saturated rings. The van der Waals surface area contributed by atoms with Gasteiger partial charge in [-0.05, 0) is 31.2 Å². The van der Waals surface area contributed by atoms with Gasteiger partial charge in [-0.3, -0.25) is 5.84 Å². The Labute approximate surface area is 86.4 Å². The van der Waals surface area contributed by atoms with Crippen LogP contribution in [0.4, 0.5) is 5.69 Å². The molecule has 0 aliphatic rings. The molecule has 0 heterocycles. The van der Waals surface area contributed by atoms with Gasteiger partial charge in [0.15, 0.2) is 0 Å². The van der Waals surface area contributed by atoms with Crippen molar-refractivity contribution in [3.8, 4) is 0 Å². The Hall–Kier alpha value is -0.910. The maximum absolute atomic E-state index is 11.1. The van der Waals surface area contributed by atoms with Crippen molar-refractivity contribution in [1.82, 2.24) is 4.72 Å². The van der Waals surface area contributed by atoms with E-state index in [9.17, 15) is 4.21 Å². The molecule has 0 radical (unpaired) electrons. The van der Waals surface area contributed by atoms with Gasteiger partial charge in [0.1, 0.15) is 0 Å². The highest BCUT2D eigenvalue weighted by Crippen LogP contribution is 2.08. The Bertz CT molecular complexity index is 299. The first-order valence-electron chi connectivity index (χ1n) is 4.37. The minimum absolute atomic E-state index is 0.631. The number of benzene rings is 1. The monoisotopic (exact) mass is 213 g/mol. The van der Waals surface area contributed by atoms with E-state index in [1.165, 1.54) is 0 Å². The van der Waals surface area contributed by atoms with Gasteiger partial charge in [-0.15, -0.1) is 0 Å². The highest BCUT2D eigenvalue weighted by Gasteiger charge is 1.97. The maximum Gasteiger partial charge on any atom is 0.0916 e. The van der Waals surface area contributed by atoms with E-state index in [2.05, 4.69) is 10.1 Å². The minimum Gasteiger partial charge on any atom is -0.324 e. The first-order valence-corrected chi connectivity index (χ1v) is 5.69. The molecule has 4 nitrogen and oxygen atoms in total. The van der Waals surface area contributed by atoms with E-state index in [1.54, 1.807) is 7.05 Å². The molecular formula is C9H15N3OS. The Kier molecular flexibility index (Phi) is 4.58. The van der Waals surface area contributed by atoms with E-state index in [0.29, 0.717) is 5.75 Å². The third kappa shape index (κ3) is 3.45. The molecule has 1 rings (SSSR count). The van der Waals surface area contributed by atoms with Crippen molar-refractivity contribution in [2.24, 2.45) is 5.84 Å². The molecule has 0 spiro atoms.